The maximum absolute atomic E-state index is 8.55. The van der Waals surface area contributed by atoms with E-state index in [1.807, 2.05) is 0 Å². The summed E-state index contributed by atoms with van der Waals surface area (Å²) in [5.74, 6) is 0. The molecule has 0 rings (SSSR count). The van der Waals surface area contributed by atoms with Crippen molar-refractivity contribution in [2.24, 2.45) is 0 Å². The molecule has 34 valence electrons. The molecule has 0 fully saturated rings. The predicted octanol–water partition coefficient (Wildman–Crippen LogP) is -3.47. The molecule has 0 aliphatic carbocycles. The first kappa shape index (κ1) is 16.3. The molecule has 0 unspecified atom stereocenters. The fourth-order valence-electron chi connectivity index (χ4n) is 0. The Morgan fingerprint density at radius 2 is 1.14 bits per heavy atom. The zero-order valence-corrected chi connectivity index (χ0v) is 8.81. The van der Waals surface area contributed by atoms with Crippen LogP contribution < -0.4 is 14.7 Å². The van der Waals surface area contributed by atoms with E-state index in [0.29, 0.717) is 0 Å². The third-order valence-corrected chi connectivity index (χ3v) is 0. The van der Waals surface area contributed by atoms with Crippen LogP contribution in [0.3, 0.4) is 0 Å². The largest absolute Gasteiger partial charge is 2.00 e. The Hall–Kier alpha value is 2.63. The summed E-state index contributed by atoms with van der Waals surface area (Å²) < 4.78 is 8.55. The third-order valence-electron chi connectivity index (χ3n) is 0. The summed E-state index contributed by atoms with van der Waals surface area (Å²) in [6.45, 7) is 0. The average molecular weight is 176 g/mol. The molecule has 0 aromatic rings. The van der Waals surface area contributed by atoms with Crippen LogP contribution in [-0.4, -0.2) is 75.5 Å². The van der Waals surface area contributed by atoms with Gasteiger partial charge < -0.3 is 20.7 Å². The van der Waals surface area contributed by atoms with E-state index in [1.165, 1.54) is 0 Å². The minimum absolute atomic E-state index is 0. The first-order chi connectivity index (χ1) is 2.00. The minimum atomic E-state index is -5.39. The average Bonchev–Trinajstić information content (AvgIpc) is 0.722. The summed E-state index contributed by atoms with van der Waals surface area (Å²) in [4.78, 5) is 25.6. The molecule has 0 aromatic carbocycles. The fourth-order valence-corrected chi connectivity index (χ4v) is 0. The second-order valence-electron chi connectivity index (χ2n) is 0.447. The van der Waals surface area contributed by atoms with Crippen molar-refractivity contribution in [3.05, 3.63) is 0 Å². The number of rotatable bonds is 0. The van der Waals surface area contributed by atoms with Gasteiger partial charge in [-0.05, 0) is 0 Å². The molecule has 0 heterocycles. The molecule has 0 N–H and O–H groups in total. The summed E-state index contributed by atoms with van der Waals surface area (Å²) in [5, 5.41) is 0. The van der Waals surface area contributed by atoms with E-state index in [2.05, 4.69) is 0 Å². The molecule has 0 aliphatic heterocycles. The van der Waals surface area contributed by atoms with Crippen molar-refractivity contribution >= 4 is 83.3 Å². The number of hydrogen-bond donors (Lipinski definition) is 0. The first-order valence-electron chi connectivity index (χ1n) is 0.730. The molecule has 4 nitrogen and oxygen atoms in total. The van der Waals surface area contributed by atoms with Gasteiger partial charge in [-0.2, -0.15) is 7.82 Å². The van der Waals surface area contributed by atoms with E-state index in [4.69, 9.17) is 19.2 Å². The van der Waals surface area contributed by atoms with Gasteiger partial charge in [0, 0.05) is 0 Å². The Balaban J connectivity index is -0.0000000267. The van der Waals surface area contributed by atoms with Crippen molar-refractivity contribution < 1.29 is 20.7 Å². The van der Waals surface area contributed by atoms with Gasteiger partial charge in [0.2, 0.25) is 0 Å². The van der Waals surface area contributed by atoms with Gasteiger partial charge in [-0.25, -0.2) is 0 Å². The first-order valence-corrected chi connectivity index (χ1v) is 2.19. The Labute approximate surface area is 102 Å². The molecule has 0 spiro atoms. The topological polar surface area (TPSA) is 86.2 Å². The van der Waals surface area contributed by atoms with E-state index >= 15 is 0 Å². The van der Waals surface area contributed by atoms with Crippen LogP contribution in [0.1, 0.15) is 1.43 Å². The Kier molecular flexibility index (Phi) is 15.7. The van der Waals surface area contributed by atoms with E-state index in [1.54, 1.807) is 0 Å². The van der Waals surface area contributed by atoms with E-state index in [-0.39, 0.29) is 76.9 Å². The predicted molar refractivity (Wildman–Crippen MR) is 20.2 cm³/mol. The van der Waals surface area contributed by atoms with Crippen LogP contribution in [0.4, 0.5) is 0 Å². The van der Waals surface area contributed by atoms with Crippen LogP contribution in [0.25, 0.3) is 0 Å². The Bertz CT molecular complexity index is 60.2. The maximum Gasteiger partial charge on any atom is 2.00 e. The van der Waals surface area contributed by atoms with E-state index < -0.39 is 7.82 Å². The molecule has 0 atom stereocenters. The molecule has 0 saturated heterocycles. The molecule has 0 saturated carbocycles. The Morgan fingerprint density at radius 3 is 1.14 bits per heavy atom. The molecule has 7 heteroatoms. The van der Waals surface area contributed by atoms with Gasteiger partial charge in [0.05, 0.1) is 0 Å². The summed E-state index contributed by atoms with van der Waals surface area (Å²) >= 11 is 0. The van der Waals surface area contributed by atoms with Crippen LogP contribution in [0.15, 0.2) is 0 Å². The van der Waals surface area contributed by atoms with Crippen molar-refractivity contribution in [2.45, 2.75) is 0 Å². The zero-order valence-electron chi connectivity index (χ0n) is 4.49. The van der Waals surface area contributed by atoms with E-state index in [0.717, 1.165) is 0 Å². The van der Waals surface area contributed by atoms with Gasteiger partial charge in [0.15, 0.2) is 0 Å². The standard InChI is InChI=1S/2Ca.H3O4P.H/c;;1-5(2,3)4;/h;;(H3,1,2,3,4);/q2*+2;;-1/p-3. The van der Waals surface area contributed by atoms with Crippen LogP contribution >= 0.6 is 7.82 Å². The quantitative estimate of drug-likeness (QED) is 0.283. The molecule has 0 amide bonds. The van der Waals surface area contributed by atoms with Crippen molar-refractivity contribution in [1.29, 1.82) is 0 Å². The van der Waals surface area contributed by atoms with Gasteiger partial charge in [-0.15, -0.1) is 0 Å². The molecule has 0 bridgehead atoms. The summed E-state index contributed by atoms with van der Waals surface area (Å²) in [7, 11) is -5.39. The molecule has 0 aliphatic rings. The van der Waals surface area contributed by atoms with Gasteiger partial charge in [0.1, 0.15) is 0 Å². The molecule has 0 aromatic heterocycles. The number of hydrogen-bond acceptors (Lipinski definition) is 4. The smallest absolute Gasteiger partial charge is 1.00 e. The SMILES string of the molecule is O=P([O-])([O-])[O-].[Ca+2].[Ca+2].[H-]. The zero-order chi connectivity index (χ0) is 4.50. The second kappa shape index (κ2) is 6.75. The summed E-state index contributed by atoms with van der Waals surface area (Å²) in [5.41, 5.74) is 0. The van der Waals surface area contributed by atoms with Gasteiger partial charge in [-0.1, -0.05) is 0 Å². The second-order valence-corrected chi connectivity index (χ2v) is 1.34. The maximum atomic E-state index is 8.55. The molecular weight excluding hydrogens is 175 g/mol. The van der Waals surface area contributed by atoms with Crippen LogP contribution in [0.2, 0.25) is 0 Å². The Morgan fingerprint density at radius 1 is 1.14 bits per heavy atom. The summed E-state index contributed by atoms with van der Waals surface area (Å²) in [6.07, 6.45) is 0. The van der Waals surface area contributed by atoms with Gasteiger partial charge in [-0.3, -0.25) is 0 Å². The van der Waals surface area contributed by atoms with Crippen molar-refractivity contribution in [2.75, 3.05) is 0 Å². The van der Waals surface area contributed by atoms with E-state index in [9.17, 15) is 0 Å². The van der Waals surface area contributed by atoms with Crippen LogP contribution in [0, 0.1) is 0 Å². The third kappa shape index (κ3) is 54.9. The van der Waals surface area contributed by atoms with Crippen molar-refractivity contribution in [3.63, 3.8) is 0 Å². The minimum Gasteiger partial charge on any atom is -1.00 e. The van der Waals surface area contributed by atoms with Gasteiger partial charge in [0.25, 0.3) is 0 Å². The molecule has 0 radical (unpaired) electrons. The normalized spacial score (nSPS) is 8.43. The molecule has 7 heavy (non-hydrogen) atoms. The number of phosphoric acid groups is 1. The van der Waals surface area contributed by atoms with Gasteiger partial charge >= 0.3 is 75.5 Å². The summed E-state index contributed by atoms with van der Waals surface area (Å²) in [6, 6.07) is 0. The van der Waals surface area contributed by atoms with Crippen molar-refractivity contribution in [3.8, 4) is 0 Å². The monoisotopic (exact) mass is 176 g/mol. The van der Waals surface area contributed by atoms with Crippen molar-refractivity contribution in [1.82, 2.24) is 0 Å². The van der Waals surface area contributed by atoms with Crippen LogP contribution in [-0.2, 0) is 4.57 Å². The van der Waals surface area contributed by atoms with Crippen LogP contribution in [0.5, 0.6) is 0 Å². The fraction of sp³-hybridized carbons (Fsp3) is 0. The molecular formula is HCa2O4P.